The molecule has 18 heavy (non-hydrogen) atoms. The van der Waals surface area contributed by atoms with Gasteiger partial charge in [-0.2, -0.15) is 0 Å². The summed E-state index contributed by atoms with van der Waals surface area (Å²) in [6.45, 7) is 5.81. The highest BCUT2D eigenvalue weighted by atomic mass is 16.3. The van der Waals surface area contributed by atoms with E-state index in [0.717, 1.165) is 31.5 Å². The van der Waals surface area contributed by atoms with Gasteiger partial charge in [0.15, 0.2) is 0 Å². The van der Waals surface area contributed by atoms with Gasteiger partial charge in [0, 0.05) is 32.2 Å². The minimum atomic E-state index is -0.0824. The van der Waals surface area contributed by atoms with Crippen molar-refractivity contribution in [3.05, 3.63) is 0 Å². The largest absolute Gasteiger partial charge is 0.392 e. The summed E-state index contributed by atoms with van der Waals surface area (Å²) < 4.78 is 0. The van der Waals surface area contributed by atoms with Crippen LogP contribution in [-0.2, 0) is 0 Å². The minimum Gasteiger partial charge on any atom is -0.392 e. The lowest BCUT2D eigenvalue weighted by Crippen LogP contribution is -2.51. The molecule has 0 radical (unpaired) electrons. The highest BCUT2D eigenvalue weighted by Crippen LogP contribution is 2.29. The first-order valence-electron chi connectivity index (χ1n) is 7.96. The molecule has 0 spiro atoms. The Hall–Kier alpha value is -0.120. The van der Waals surface area contributed by atoms with Crippen LogP contribution in [-0.4, -0.2) is 59.8 Å². The molecule has 2 unspecified atom stereocenters. The van der Waals surface area contributed by atoms with Gasteiger partial charge >= 0.3 is 0 Å². The lowest BCUT2D eigenvalue weighted by Gasteiger charge is -2.38. The highest BCUT2D eigenvalue weighted by Gasteiger charge is 2.31. The first-order chi connectivity index (χ1) is 8.81. The van der Waals surface area contributed by atoms with Crippen molar-refractivity contribution in [2.45, 2.75) is 57.1 Å². The molecule has 3 aliphatic rings. The van der Waals surface area contributed by atoms with Crippen LogP contribution in [0.2, 0.25) is 0 Å². The SMILES string of the molecule is OC(CC1CCCC1)CN1CCN2CCCC2C1. The van der Waals surface area contributed by atoms with Gasteiger partial charge in [0.1, 0.15) is 0 Å². The van der Waals surface area contributed by atoms with E-state index in [2.05, 4.69) is 9.80 Å². The van der Waals surface area contributed by atoms with E-state index in [-0.39, 0.29) is 6.10 Å². The van der Waals surface area contributed by atoms with Gasteiger partial charge in [0.25, 0.3) is 0 Å². The fourth-order valence-electron chi connectivity index (χ4n) is 4.22. The number of fused-ring (bicyclic) bond motifs is 1. The van der Waals surface area contributed by atoms with Crippen molar-refractivity contribution in [3.8, 4) is 0 Å². The molecular weight excluding hydrogens is 224 g/mol. The van der Waals surface area contributed by atoms with Gasteiger partial charge in [-0.1, -0.05) is 25.7 Å². The third kappa shape index (κ3) is 3.06. The van der Waals surface area contributed by atoms with Crippen molar-refractivity contribution in [1.82, 2.24) is 9.80 Å². The van der Waals surface area contributed by atoms with Crippen LogP contribution in [0, 0.1) is 5.92 Å². The molecule has 1 N–H and O–H groups in total. The minimum absolute atomic E-state index is 0.0824. The average molecular weight is 252 g/mol. The van der Waals surface area contributed by atoms with Crippen molar-refractivity contribution in [2.24, 2.45) is 5.92 Å². The summed E-state index contributed by atoms with van der Waals surface area (Å²) >= 11 is 0. The third-order valence-corrected chi connectivity index (χ3v) is 5.22. The second kappa shape index (κ2) is 5.89. The Morgan fingerprint density at radius 1 is 1.00 bits per heavy atom. The van der Waals surface area contributed by atoms with Crippen molar-refractivity contribution in [2.75, 3.05) is 32.7 Å². The number of nitrogens with zero attached hydrogens (tertiary/aromatic N) is 2. The standard InChI is InChI=1S/C15H28N2O/c18-15(10-13-4-1-2-5-13)12-16-8-9-17-7-3-6-14(17)11-16/h13-15,18H,1-12H2. The molecule has 3 rings (SSSR count). The summed E-state index contributed by atoms with van der Waals surface area (Å²) in [4.78, 5) is 5.14. The molecule has 0 aromatic heterocycles. The number of hydrogen-bond donors (Lipinski definition) is 1. The Balaban J connectivity index is 1.41. The van der Waals surface area contributed by atoms with Gasteiger partial charge in [0.05, 0.1) is 6.10 Å². The van der Waals surface area contributed by atoms with Crippen LogP contribution in [0.5, 0.6) is 0 Å². The summed E-state index contributed by atoms with van der Waals surface area (Å²) in [5.41, 5.74) is 0. The molecule has 2 heterocycles. The number of rotatable bonds is 4. The maximum Gasteiger partial charge on any atom is 0.0669 e. The zero-order valence-electron chi connectivity index (χ0n) is 11.6. The van der Waals surface area contributed by atoms with E-state index in [0.29, 0.717) is 0 Å². The Kier molecular flexibility index (Phi) is 4.22. The molecule has 1 saturated carbocycles. The van der Waals surface area contributed by atoms with E-state index in [4.69, 9.17) is 0 Å². The van der Waals surface area contributed by atoms with Crippen LogP contribution in [0.15, 0.2) is 0 Å². The Labute approximate surface area is 111 Å². The second-order valence-corrected chi connectivity index (χ2v) is 6.63. The Morgan fingerprint density at radius 2 is 1.83 bits per heavy atom. The number of aliphatic hydroxyl groups excluding tert-OH is 1. The lowest BCUT2D eigenvalue weighted by atomic mass is 9.99. The molecule has 3 heteroatoms. The van der Waals surface area contributed by atoms with Gasteiger partial charge < -0.3 is 5.11 Å². The molecule has 0 aromatic carbocycles. The van der Waals surface area contributed by atoms with Gasteiger partial charge in [-0.25, -0.2) is 0 Å². The van der Waals surface area contributed by atoms with E-state index in [1.54, 1.807) is 0 Å². The van der Waals surface area contributed by atoms with Crippen molar-refractivity contribution >= 4 is 0 Å². The van der Waals surface area contributed by atoms with E-state index < -0.39 is 0 Å². The molecule has 0 aromatic rings. The van der Waals surface area contributed by atoms with Gasteiger partial charge in [0.2, 0.25) is 0 Å². The van der Waals surface area contributed by atoms with E-state index in [1.807, 2.05) is 0 Å². The molecule has 3 nitrogen and oxygen atoms in total. The third-order valence-electron chi connectivity index (χ3n) is 5.22. The highest BCUT2D eigenvalue weighted by molar-refractivity contribution is 4.87. The maximum atomic E-state index is 10.2. The molecular formula is C15H28N2O. The quantitative estimate of drug-likeness (QED) is 0.825. The summed E-state index contributed by atoms with van der Waals surface area (Å²) in [5, 5.41) is 10.2. The zero-order chi connectivity index (χ0) is 12.4. The van der Waals surface area contributed by atoms with Crippen LogP contribution < -0.4 is 0 Å². The first-order valence-corrected chi connectivity index (χ1v) is 7.96. The maximum absolute atomic E-state index is 10.2. The van der Waals surface area contributed by atoms with Crippen molar-refractivity contribution < 1.29 is 5.11 Å². The van der Waals surface area contributed by atoms with Crippen molar-refractivity contribution in [3.63, 3.8) is 0 Å². The Morgan fingerprint density at radius 3 is 2.67 bits per heavy atom. The average Bonchev–Trinajstić information content (AvgIpc) is 2.98. The summed E-state index contributed by atoms with van der Waals surface area (Å²) in [7, 11) is 0. The smallest absolute Gasteiger partial charge is 0.0669 e. The molecule has 0 bridgehead atoms. The summed E-state index contributed by atoms with van der Waals surface area (Å²) in [6, 6.07) is 0.789. The number of aliphatic hydroxyl groups is 1. The number of β-amino-alcohol motifs (C(OH)–C–C–N with tert-alkyl or cyclic N) is 1. The summed E-state index contributed by atoms with van der Waals surface area (Å²) in [5.74, 6) is 0.813. The topological polar surface area (TPSA) is 26.7 Å². The van der Waals surface area contributed by atoms with Crippen LogP contribution in [0.3, 0.4) is 0 Å². The van der Waals surface area contributed by atoms with E-state index in [1.165, 1.54) is 58.2 Å². The van der Waals surface area contributed by atoms with Crippen molar-refractivity contribution in [1.29, 1.82) is 0 Å². The van der Waals surface area contributed by atoms with Crippen LogP contribution in [0.1, 0.15) is 44.9 Å². The normalized spacial score (nSPS) is 32.8. The van der Waals surface area contributed by atoms with Crippen LogP contribution in [0.25, 0.3) is 0 Å². The number of hydrogen-bond acceptors (Lipinski definition) is 3. The molecule has 0 amide bonds. The van der Waals surface area contributed by atoms with Crippen LogP contribution in [0.4, 0.5) is 0 Å². The molecule has 1 aliphatic carbocycles. The predicted molar refractivity (Wildman–Crippen MR) is 73.6 cm³/mol. The fourth-order valence-corrected chi connectivity index (χ4v) is 4.22. The molecule has 2 atom stereocenters. The molecule has 3 fully saturated rings. The Bertz CT molecular complexity index is 265. The number of piperazine rings is 1. The predicted octanol–water partition coefficient (Wildman–Crippen LogP) is 1.71. The van der Waals surface area contributed by atoms with E-state index in [9.17, 15) is 5.11 Å². The van der Waals surface area contributed by atoms with Gasteiger partial charge in [-0.05, 0) is 31.7 Å². The lowest BCUT2D eigenvalue weighted by molar-refractivity contribution is 0.0471. The van der Waals surface area contributed by atoms with Crippen LogP contribution >= 0.6 is 0 Å². The molecule has 104 valence electrons. The second-order valence-electron chi connectivity index (χ2n) is 6.63. The van der Waals surface area contributed by atoms with Gasteiger partial charge in [-0.3, -0.25) is 9.80 Å². The van der Waals surface area contributed by atoms with Gasteiger partial charge in [-0.15, -0.1) is 0 Å². The fraction of sp³-hybridized carbons (Fsp3) is 1.00. The zero-order valence-corrected chi connectivity index (χ0v) is 11.6. The molecule has 2 aliphatic heterocycles. The first kappa shape index (κ1) is 12.9. The monoisotopic (exact) mass is 252 g/mol. The summed E-state index contributed by atoms with van der Waals surface area (Å²) in [6.07, 6.45) is 9.20. The molecule has 2 saturated heterocycles. The van der Waals surface area contributed by atoms with E-state index >= 15 is 0 Å².